The highest BCUT2D eigenvalue weighted by atomic mass is 19.1. The largest absolute Gasteiger partial charge is 0.385 e. The molecule has 3 heteroatoms. The number of hydrogen-bond acceptors (Lipinski definition) is 2. The van der Waals surface area contributed by atoms with Crippen LogP contribution in [-0.2, 0) is 0 Å². The number of anilines is 1. The number of nitrogens with one attached hydrogen (secondary N) is 1. The average molecular weight is 222 g/mol. The zero-order valence-electron chi connectivity index (χ0n) is 9.45. The van der Waals surface area contributed by atoms with Crippen LogP contribution in [0.5, 0.6) is 0 Å². The summed E-state index contributed by atoms with van der Waals surface area (Å²) >= 11 is 0. The van der Waals surface area contributed by atoms with Crippen molar-refractivity contribution < 1.29 is 4.39 Å². The minimum absolute atomic E-state index is 0.185. The van der Waals surface area contributed by atoms with E-state index < -0.39 is 0 Å². The molecule has 88 valence electrons. The van der Waals surface area contributed by atoms with Crippen molar-refractivity contribution in [2.45, 2.75) is 31.7 Å². The highest BCUT2D eigenvalue weighted by Crippen LogP contribution is 2.23. The molecule has 1 aliphatic rings. The second kappa shape index (κ2) is 5.30. The van der Waals surface area contributed by atoms with Crippen molar-refractivity contribution in [1.82, 2.24) is 0 Å². The van der Waals surface area contributed by atoms with E-state index >= 15 is 0 Å². The molecule has 1 fully saturated rings. The van der Waals surface area contributed by atoms with Gasteiger partial charge in [0.2, 0.25) is 0 Å². The SMILES string of the molecule is NC1CCC(CNc2cccc(F)c2)CC1. The molecule has 0 aliphatic heterocycles. The van der Waals surface area contributed by atoms with Gasteiger partial charge in [-0.3, -0.25) is 0 Å². The Labute approximate surface area is 96.0 Å². The van der Waals surface area contributed by atoms with Crippen LogP contribution >= 0.6 is 0 Å². The Hall–Kier alpha value is -1.09. The monoisotopic (exact) mass is 222 g/mol. The van der Waals surface area contributed by atoms with Gasteiger partial charge in [-0.2, -0.15) is 0 Å². The minimum atomic E-state index is -0.185. The molecule has 1 aromatic rings. The first-order valence-electron chi connectivity index (χ1n) is 5.99. The summed E-state index contributed by atoms with van der Waals surface area (Å²) in [5.74, 6) is 0.499. The zero-order valence-corrected chi connectivity index (χ0v) is 9.45. The Morgan fingerprint density at radius 3 is 2.69 bits per heavy atom. The molecular weight excluding hydrogens is 203 g/mol. The summed E-state index contributed by atoms with van der Waals surface area (Å²) in [7, 11) is 0. The molecule has 0 aromatic heterocycles. The smallest absolute Gasteiger partial charge is 0.125 e. The van der Waals surface area contributed by atoms with Crippen LogP contribution in [0, 0.1) is 11.7 Å². The summed E-state index contributed by atoms with van der Waals surface area (Å²) in [5, 5.41) is 3.29. The Kier molecular flexibility index (Phi) is 3.78. The van der Waals surface area contributed by atoms with Crippen LogP contribution in [0.15, 0.2) is 24.3 Å². The van der Waals surface area contributed by atoms with Gasteiger partial charge in [-0.05, 0) is 49.8 Å². The van der Waals surface area contributed by atoms with Crippen molar-refractivity contribution in [3.63, 3.8) is 0 Å². The second-order valence-electron chi connectivity index (χ2n) is 4.67. The van der Waals surface area contributed by atoms with Gasteiger partial charge in [-0.25, -0.2) is 4.39 Å². The van der Waals surface area contributed by atoms with Crippen LogP contribution in [0.4, 0.5) is 10.1 Å². The van der Waals surface area contributed by atoms with Gasteiger partial charge in [-0.1, -0.05) is 6.07 Å². The normalized spacial score (nSPS) is 25.4. The lowest BCUT2D eigenvalue weighted by atomic mass is 9.86. The van der Waals surface area contributed by atoms with E-state index in [1.54, 1.807) is 6.07 Å². The molecule has 1 aliphatic carbocycles. The molecular formula is C13H19FN2. The van der Waals surface area contributed by atoms with Crippen molar-refractivity contribution in [3.05, 3.63) is 30.1 Å². The Morgan fingerprint density at radius 1 is 1.25 bits per heavy atom. The highest BCUT2D eigenvalue weighted by molar-refractivity contribution is 5.42. The Bertz CT molecular complexity index is 332. The predicted octanol–water partition coefficient (Wildman–Crippen LogP) is 2.76. The second-order valence-corrected chi connectivity index (χ2v) is 4.67. The highest BCUT2D eigenvalue weighted by Gasteiger charge is 2.17. The van der Waals surface area contributed by atoms with Gasteiger partial charge in [0.15, 0.2) is 0 Å². The Morgan fingerprint density at radius 2 is 2.00 bits per heavy atom. The molecule has 2 rings (SSSR count). The number of halogens is 1. The van der Waals surface area contributed by atoms with Gasteiger partial charge in [-0.15, -0.1) is 0 Å². The van der Waals surface area contributed by atoms with Crippen LogP contribution in [0.3, 0.4) is 0 Å². The van der Waals surface area contributed by atoms with E-state index in [1.807, 2.05) is 6.07 Å². The topological polar surface area (TPSA) is 38.0 Å². The number of hydrogen-bond donors (Lipinski definition) is 2. The number of benzene rings is 1. The van der Waals surface area contributed by atoms with Crippen molar-refractivity contribution >= 4 is 5.69 Å². The first-order chi connectivity index (χ1) is 7.74. The summed E-state index contributed by atoms with van der Waals surface area (Å²) in [6.07, 6.45) is 4.61. The van der Waals surface area contributed by atoms with Gasteiger partial charge < -0.3 is 11.1 Å². The molecule has 0 amide bonds. The van der Waals surface area contributed by atoms with Crippen LogP contribution in [0.25, 0.3) is 0 Å². The lowest BCUT2D eigenvalue weighted by Gasteiger charge is -2.26. The molecule has 0 saturated heterocycles. The summed E-state index contributed by atoms with van der Waals surface area (Å²) in [6.45, 7) is 0.927. The molecule has 0 bridgehead atoms. The van der Waals surface area contributed by atoms with Crippen LogP contribution in [-0.4, -0.2) is 12.6 Å². The quantitative estimate of drug-likeness (QED) is 0.825. The molecule has 3 N–H and O–H groups in total. The van der Waals surface area contributed by atoms with Gasteiger partial charge in [0.25, 0.3) is 0 Å². The minimum Gasteiger partial charge on any atom is -0.385 e. The van der Waals surface area contributed by atoms with E-state index in [4.69, 9.17) is 5.73 Å². The van der Waals surface area contributed by atoms with Crippen molar-refractivity contribution in [2.75, 3.05) is 11.9 Å². The van der Waals surface area contributed by atoms with E-state index in [-0.39, 0.29) is 5.82 Å². The maximum atomic E-state index is 12.9. The first-order valence-corrected chi connectivity index (χ1v) is 5.99. The van der Waals surface area contributed by atoms with Crippen LogP contribution in [0.2, 0.25) is 0 Å². The molecule has 0 unspecified atom stereocenters. The third-order valence-corrected chi connectivity index (χ3v) is 3.31. The van der Waals surface area contributed by atoms with Gasteiger partial charge in [0.1, 0.15) is 5.82 Å². The van der Waals surface area contributed by atoms with Crippen molar-refractivity contribution in [1.29, 1.82) is 0 Å². The van der Waals surface area contributed by atoms with E-state index in [1.165, 1.54) is 25.0 Å². The fourth-order valence-electron chi connectivity index (χ4n) is 2.25. The molecule has 1 saturated carbocycles. The van der Waals surface area contributed by atoms with E-state index in [2.05, 4.69) is 5.32 Å². The summed E-state index contributed by atoms with van der Waals surface area (Å²) in [6, 6.07) is 7.02. The number of rotatable bonds is 3. The van der Waals surface area contributed by atoms with E-state index in [0.29, 0.717) is 12.0 Å². The van der Waals surface area contributed by atoms with Gasteiger partial charge in [0.05, 0.1) is 0 Å². The molecule has 0 radical (unpaired) electrons. The molecule has 0 heterocycles. The fraction of sp³-hybridized carbons (Fsp3) is 0.538. The van der Waals surface area contributed by atoms with Crippen LogP contribution in [0.1, 0.15) is 25.7 Å². The molecule has 0 spiro atoms. The molecule has 2 nitrogen and oxygen atoms in total. The van der Waals surface area contributed by atoms with Gasteiger partial charge in [0, 0.05) is 18.3 Å². The standard InChI is InChI=1S/C13H19FN2/c14-11-2-1-3-13(8-11)16-9-10-4-6-12(15)7-5-10/h1-3,8,10,12,16H,4-7,9,15H2. The molecule has 16 heavy (non-hydrogen) atoms. The van der Waals surface area contributed by atoms with E-state index in [9.17, 15) is 4.39 Å². The molecule has 1 aromatic carbocycles. The summed E-state index contributed by atoms with van der Waals surface area (Å²) in [5.41, 5.74) is 6.72. The molecule has 0 atom stereocenters. The third kappa shape index (κ3) is 3.20. The Balaban J connectivity index is 1.79. The first kappa shape index (κ1) is 11.4. The third-order valence-electron chi connectivity index (χ3n) is 3.31. The van der Waals surface area contributed by atoms with Gasteiger partial charge >= 0.3 is 0 Å². The lowest BCUT2D eigenvalue weighted by Crippen LogP contribution is -2.29. The zero-order chi connectivity index (χ0) is 11.4. The maximum Gasteiger partial charge on any atom is 0.125 e. The fourth-order valence-corrected chi connectivity index (χ4v) is 2.25. The van der Waals surface area contributed by atoms with Crippen LogP contribution < -0.4 is 11.1 Å². The number of nitrogens with two attached hydrogens (primary N) is 1. The summed E-state index contributed by atoms with van der Waals surface area (Å²) < 4.78 is 12.9. The van der Waals surface area contributed by atoms with E-state index in [0.717, 1.165) is 25.1 Å². The predicted molar refractivity (Wildman–Crippen MR) is 64.8 cm³/mol. The van der Waals surface area contributed by atoms with Crippen molar-refractivity contribution in [2.24, 2.45) is 11.7 Å². The maximum absolute atomic E-state index is 12.9. The lowest BCUT2D eigenvalue weighted by molar-refractivity contribution is 0.339. The van der Waals surface area contributed by atoms with Crippen molar-refractivity contribution in [3.8, 4) is 0 Å². The average Bonchev–Trinajstić information content (AvgIpc) is 2.28. The summed E-state index contributed by atoms with van der Waals surface area (Å²) in [4.78, 5) is 0.